The van der Waals surface area contributed by atoms with Crippen LogP contribution in [0.5, 0.6) is 0 Å². The summed E-state index contributed by atoms with van der Waals surface area (Å²) in [6.45, 7) is 4.82. The fourth-order valence-corrected chi connectivity index (χ4v) is 4.58. The van der Waals surface area contributed by atoms with Crippen LogP contribution in [0.25, 0.3) is 22.2 Å². The van der Waals surface area contributed by atoms with E-state index >= 15 is 0 Å². The second kappa shape index (κ2) is 9.84. The number of fused-ring (bicyclic) bond motifs is 1. The SMILES string of the molecule is C=CCn1c(Cn2nnc3ccccc32)nnc1SCC(=O)c1ccc(-c2ccccc2)cc1. The highest BCUT2D eigenvalue weighted by atomic mass is 32.2. The minimum absolute atomic E-state index is 0.0431. The molecule has 0 aliphatic carbocycles. The molecule has 5 aromatic rings. The van der Waals surface area contributed by atoms with Crippen molar-refractivity contribution in [2.45, 2.75) is 18.2 Å². The van der Waals surface area contributed by atoms with Gasteiger partial charge in [-0.25, -0.2) is 4.68 Å². The summed E-state index contributed by atoms with van der Waals surface area (Å²) in [6, 6.07) is 25.6. The molecule has 5 rings (SSSR count). The number of hydrogen-bond acceptors (Lipinski definition) is 6. The molecule has 0 aliphatic heterocycles. The number of thioether (sulfide) groups is 1. The molecule has 2 heterocycles. The Kier molecular flexibility index (Phi) is 6.31. The summed E-state index contributed by atoms with van der Waals surface area (Å²) < 4.78 is 3.76. The van der Waals surface area contributed by atoms with Crippen LogP contribution in [0.1, 0.15) is 16.2 Å². The van der Waals surface area contributed by atoms with Crippen LogP contribution < -0.4 is 0 Å². The summed E-state index contributed by atoms with van der Waals surface area (Å²) in [5.41, 5.74) is 4.65. The zero-order valence-corrected chi connectivity index (χ0v) is 19.2. The molecule has 0 spiro atoms. The summed E-state index contributed by atoms with van der Waals surface area (Å²) in [4.78, 5) is 12.8. The van der Waals surface area contributed by atoms with Gasteiger partial charge in [-0.05, 0) is 23.3 Å². The monoisotopic (exact) mass is 466 g/mol. The summed E-state index contributed by atoms with van der Waals surface area (Å²) >= 11 is 1.37. The number of hydrogen-bond donors (Lipinski definition) is 0. The first-order chi connectivity index (χ1) is 16.7. The lowest BCUT2D eigenvalue weighted by molar-refractivity contribution is 0.102. The van der Waals surface area contributed by atoms with Crippen LogP contribution in [0, 0.1) is 0 Å². The smallest absolute Gasteiger partial charge is 0.192 e. The van der Waals surface area contributed by atoms with Crippen molar-refractivity contribution in [1.29, 1.82) is 0 Å². The van der Waals surface area contributed by atoms with Gasteiger partial charge in [0.05, 0.1) is 11.3 Å². The molecule has 0 saturated carbocycles. The molecule has 0 atom stereocenters. The Hall–Kier alpha value is -4.04. The Morgan fingerprint density at radius 1 is 0.882 bits per heavy atom. The third kappa shape index (κ3) is 4.53. The lowest BCUT2D eigenvalue weighted by Crippen LogP contribution is -2.11. The molecule has 0 bridgehead atoms. The number of allylic oxidation sites excluding steroid dienone is 1. The van der Waals surface area contributed by atoms with Crippen LogP contribution >= 0.6 is 11.8 Å². The van der Waals surface area contributed by atoms with Gasteiger partial charge in [0.15, 0.2) is 16.8 Å². The predicted octanol–water partition coefficient (Wildman–Crippen LogP) is 4.90. The molecular weight excluding hydrogens is 444 g/mol. The standard InChI is InChI=1S/C26H22N6OS/c1-2-16-31-25(17-32-23-11-7-6-10-22(23)27-30-32)28-29-26(31)34-18-24(33)21-14-12-20(13-15-21)19-8-4-3-5-9-19/h2-15H,1,16-18H2. The molecule has 168 valence electrons. The van der Waals surface area contributed by atoms with Crippen molar-refractivity contribution < 1.29 is 4.79 Å². The third-order valence-electron chi connectivity index (χ3n) is 5.46. The lowest BCUT2D eigenvalue weighted by Gasteiger charge is -2.08. The van der Waals surface area contributed by atoms with Gasteiger partial charge in [-0.1, -0.05) is 89.8 Å². The van der Waals surface area contributed by atoms with Gasteiger partial charge in [-0.15, -0.1) is 21.9 Å². The molecule has 8 heteroatoms. The minimum Gasteiger partial charge on any atom is -0.301 e. The Bertz CT molecular complexity index is 1440. The third-order valence-corrected chi connectivity index (χ3v) is 6.43. The number of carbonyl (C=O) groups is 1. The maximum Gasteiger partial charge on any atom is 0.192 e. The van der Waals surface area contributed by atoms with Gasteiger partial charge in [0, 0.05) is 12.1 Å². The summed E-state index contributed by atoms with van der Waals surface area (Å²) in [7, 11) is 0. The van der Waals surface area contributed by atoms with E-state index in [1.807, 2.05) is 71.3 Å². The Balaban J connectivity index is 1.29. The first kappa shape index (κ1) is 21.8. The highest BCUT2D eigenvalue weighted by Crippen LogP contribution is 2.22. The van der Waals surface area contributed by atoms with E-state index in [1.54, 1.807) is 10.8 Å². The fourth-order valence-electron chi connectivity index (χ4n) is 3.72. The van der Waals surface area contributed by atoms with Crippen molar-refractivity contribution >= 4 is 28.6 Å². The average molecular weight is 467 g/mol. The van der Waals surface area contributed by atoms with Crippen LogP contribution in [-0.2, 0) is 13.1 Å². The summed E-state index contributed by atoms with van der Waals surface area (Å²) in [5, 5.41) is 17.8. The number of Topliss-reactive ketones (excluding diaryl/α,β-unsaturated/α-hetero) is 1. The molecule has 0 unspecified atom stereocenters. The predicted molar refractivity (Wildman–Crippen MR) is 134 cm³/mol. The van der Waals surface area contributed by atoms with E-state index in [1.165, 1.54) is 11.8 Å². The largest absolute Gasteiger partial charge is 0.301 e. The van der Waals surface area contributed by atoms with Crippen LogP contribution in [0.3, 0.4) is 0 Å². The second-order valence-corrected chi connectivity index (χ2v) is 8.63. The molecule has 0 fully saturated rings. The van der Waals surface area contributed by atoms with Gasteiger partial charge in [0.25, 0.3) is 0 Å². The number of benzene rings is 3. The highest BCUT2D eigenvalue weighted by molar-refractivity contribution is 7.99. The van der Waals surface area contributed by atoms with Gasteiger partial charge in [-0.2, -0.15) is 0 Å². The zero-order valence-electron chi connectivity index (χ0n) is 18.4. The van der Waals surface area contributed by atoms with E-state index in [0.29, 0.717) is 23.8 Å². The maximum atomic E-state index is 12.8. The first-order valence-corrected chi connectivity index (χ1v) is 11.8. The molecule has 3 aromatic carbocycles. The van der Waals surface area contributed by atoms with E-state index in [0.717, 1.165) is 28.0 Å². The summed E-state index contributed by atoms with van der Waals surface area (Å²) in [6.07, 6.45) is 1.79. The lowest BCUT2D eigenvalue weighted by atomic mass is 10.0. The quantitative estimate of drug-likeness (QED) is 0.175. The second-order valence-electron chi connectivity index (χ2n) is 7.69. The number of carbonyl (C=O) groups excluding carboxylic acids is 1. The van der Waals surface area contributed by atoms with E-state index in [2.05, 4.69) is 39.2 Å². The molecule has 7 nitrogen and oxygen atoms in total. The Morgan fingerprint density at radius 3 is 2.41 bits per heavy atom. The Labute approximate surface area is 201 Å². The van der Waals surface area contributed by atoms with Crippen LogP contribution in [0.15, 0.2) is 96.7 Å². The fraction of sp³-hybridized carbons (Fsp3) is 0.115. The van der Waals surface area contributed by atoms with Crippen LogP contribution in [-0.4, -0.2) is 41.3 Å². The molecule has 2 aromatic heterocycles. The molecule has 0 radical (unpaired) electrons. The van der Waals surface area contributed by atoms with Gasteiger partial charge in [0.2, 0.25) is 0 Å². The highest BCUT2D eigenvalue weighted by Gasteiger charge is 2.16. The zero-order chi connectivity index (χ0) is 23.3. The van der Waals surface area contributed by atoms with Gasteiger partial charge >= 0.3 is 0 Å². The molecule has 0 N–H and O–H groups in total. The van der Waals surface area contributed by atoms with Crippen molar-refractivity contribution in [3.05, 3.63) is 103 Å². The Morgan fingerprint density at radius 2 is 1.62 bits per heavy atom. The number of para-hydroxylation sites is 1. The van der Waals surface area contributed by atoms with E-state index in [4.69, 9.17) is 0 Å². The normalized spacial score (nSPS) is 11.1. The van der Waals surface area contributed by atoms with Gasteiger partial charge in [0.1, 0.15) is 12.1 Å². The van der Waals surface area contributed by atoms with Crippen molar-refractivity contribution in [1.82, 2.24) is 29.8 Å². The molecular formula is C26H22N6OS. The average Bonchev–Trinajstić information content (AvgIpc) is 3.47. The first-order valence-electron chi connectivity index (χ1n) is 10.9. The minimum atomic E-state index is 0.0431. The van der Waals surface area contributed by atoms with Gasteiger partial charge < -0.3 is 4.57 Å². The molecule has 0 amide bonds. The van der Waals surface area contributed by atoms with E-state index in [-0.39, 0.29) is 11.5 Å². The van der Waals surface area contributed by atoms with Crippen molar-refractivity contribution in [2.75, 3.05) is 5.75 Å². The topological polar surface area (TPSA) is 78.5 Å². The summed E-state index contributed by atoms with van der Waals surface area (Å²) in [5.74, 6) is 1.05. The molecule has 0 saturated heterocycles. The van der Waals surface area contributed by atoms with Crippen molar-refractivity contribution in [2.24, 2.45) is 0 Å². The number of nitrogens with zero attached hydrogens (tertiary/aromatic N) is 6. The molecule has 0 aliphatic rings. The van der Waals surface area contributed by atoms with Crippen LogP contribution in [0.2, 0.25) is 0 Å². The maximum absolute atomic E-state index is 12.8. The van der Waals surface area contributed by atoms with Gasteiger partial charge in [-0.3, -0.25) is 4.79 Å². The van der Waals surface area contributed by atoms with Crippen LogP contribution in [0.4, 0.5) is 0 Å². The van der Waals surface area contributed by atoms with Crippen molar-refractivity contribution in [3.63, 3.8) is 0 Å². The number of aromatic nitrogens is 6. The number of ketones is 1. The molecule has 34 heavy (non-hydrogen) atoms. The van der Waals surface area contributed by atoms with E-state index in [9.17, 15) is 4.79 Å². The van der Waals surface area contributed by atoms with Crippen molar-refractivity contribution in [3.8, 4) is 11.1 Å². The number of rotatable bonds is 9. The van der Waals surface area contributed by atoms with E-state index < -0.39 is 0 Å².